The number of carbonyl (C=O) groups is 4. The highest BCUT2D eigenvalue weighted by Crippen LogP contribution is 2.47. The predicted octanol–water partition coefficient (Wildman–Crippen LogP) is 15.4. The van der Waals surface area contributed by atoms with Crippen LogP contribution in [0.5, 0.6) is 0 Å². The molecule has 0 aliphatic heterocycles. The van der Waals surface area contributed by atoms with Gasteiger partial charge in [-0.1, -0.05) is 152 Å². The number of hydrogen-bond donors (Lipinski definition) is 8. The lowest BCUT2D eigenvalue weighted by atomic mass is 9.76. The normalized spacial score (nSPS) is 14.9. The first kappa shape index (κ1) is 71.3. The third kappa shape index (κ3) is 14.2. The highest BCUT2D eigenvalue weighted by Gasteiger charge is 2.37. The lowest BCUT2D eigenvalue weighted by Gasteiger charge is -2.32. The molecule has 0 amide bonds. The van der Waals surface area contributed by atoms with Crippen LogP contribution in [0.2, 0.25) is 0 Å². The summed E-state index contributed by atoms with van der Waals surface area (Å²) in [5.41, 5.74) is 37.7. The van der Waals surface area contributed by atoms with Crippen LogP contribution in [0.3, 0.4) is 0 Å². The number of pyridine rings is 2. The second-order valence-electron chi connectivity index (χ2n) is 28.7. The molecule has 107 heavy (non-hydrogen) atoms. The molecular formula is C85H84N16O6. The number of hydrogen-bond acceptors (Lipinski definition) is 20. The third-order valence-corrected chi connectivity index (χ3v) is 21.1. The molecule has 0 unspecified atom stereocenters. The quantitative estimate of drug-likeness (QED) is 0.0370. The largest absolute Gasteiger partial charge is 0.398 e. The zero-order chi connectivity index (χ0) is 75.2. The van der Waals surface area contributed by atoms with Gasteiger partial charge in [-0.2, -0.15) is 29.9 Å². The Labute approximate surface area is 618 Å². The van der Waals surface area contributed by atoms with Crippen molar-refractivity contribution in [3.63, 3.8) is 0 Å². The molecule has 12 N–H and O–H groups in total. The summed E-state index contributed by atoms with van der Waals surface area (Å²) in [5, 5.41) is 14.7. The van der Waals surface area contributed by atoms with Crippen LogP contribution >= 0.6 is 0 Å². The van der Waals surface area contributed by atoms with Gasteiger partial charge in [-0.15, -0.1) is 0 Å². The van der Waals surface area contributed by atoms with Gasteiger partial charge in [-0.05, 0) is 162 Å². The fourth-order valence-electron chi connectivity index (χ4n) is 15.8. The molecule has 8 aromatic carbocycles. The van der Waals surface area contributed by atoms with Crippen molar-refractivity contribution in [3.05, 3.63) is 250 Å². The van der Waals surface area contributed by atoms with E-state index in [1.54, 1.807) is 93.0 Å². The van der Waals surface area contributed by atoms with E-state index in [-0.39, 0.29) is 58.1 Å². The van der Waals surface area contributed by atoms with Gasteiger partial charge in [-0.25, -0.2) is 0 Å². The Kier molecular flexibility index (Phi) is 19.6. The number of fused-ring (bicyclic) bond motifs is 4. The molecule has 2 fully saturated rings. The summed E-state index contributed by atoms with van der Waals surface area (Å²) in [4.78, 5) is 109. The SMILES string of the molecule is Cc1ccc(Nc2nc(N)nc(N)n2)c(C)c1.Cc1cccc(C(=O)c2c3c4c(c(N)ccc4n(C)c2=O)C(=O)c2ccccc2-3)c1.Cc1cccc(C(=O)c2c3c4c(c(Nc5cc(Nc6nc(N)nc(NC7CCC(CC8CCCCC8)CC7)n6)c(C)cc5C)ccc4n(C)c2=O)C(=O)c2ccccc2-3)c1. The maximum atomic E-state index is 14.6. The average molecular weight is 1430 g/mol. The number of nitrogens with two attached hydrogens (primary N) is 4. The minimum Gasteiger partial charge on any atom is -0.398 e. The molecule has 540 valence electrons. The number of anilines is 11. The first-order valence-electron chi connectivity index (χ1n) is 36.2. The van der Waals surface area contributed by atoms with Crippen LogP contribution in [-0.4, -0.2) is 68.2 Å². The van der Waals surface area contributed by atoms with Crippen LogP contribution < -0.4 is 55.3 Å². The van der Waals surface area contributed by atoms with E-state index in [0.717, 1.165) is 69.6 Å². The van der Waals surface area contributed by atoms with E-state index in [1.807, 2.05) is 102 Å². The van der Waals surface area contributed by atoms with Crippen LogP contribution in [0.1, 0.15) is 161 Å². The molecule has 4 aliphatic carbocycles. The lowest BCUT2D eigenvalue weighted by Crippen LogP contribution is -2.29. The van der Waals surface area contributed by atoms with E-state index in [2.05, 4.69) is 58.3 Å². The van der Waals surface area contributed by atoms with Gasteiger partial charge in [0.05, 0.1) is 39.0 Å². The van der Waals surface area contributed by atoms with Crippen molar-refractivity contribution in [2.75, 3.05) is 44.2 Å². The molecule has 0 bridgehead atoms. The molecule has 12 aromatic rings. The standard InChI is InChI=1S/C49H52N8O3.C25H18N2O3.C11H14N6/c1-27-11-10-14-32(23-27)44(58)43-40-34-15-8-9-16-35(34)45(59)41-36(21-22-39(42(40)41)57(4)46(43)60)52-37-26-38(29(3)24-28(37)2)53-49-55-47(50)54-48(56-49)51-33-19-17-31(18-20-33)25-30-12-6-5-7-13-30;1-13-6-5-7-14(12-13)23(28)22-19-15-8-3-4-9-16(15)24(29)20-17(26)10-11-18(21(19)20)27(2)25(22)30;1-6-3-4-8(7(2)5-6)14-11-16-9(12)15-10(13)17-11/h8-11,14-16,21-24,26,30-31,33,52H,5-7,12-13,17-20,25H2,1-4H3,(H4,50,51,53,54,55,56);3-12H,26H2,1-2H3;3-5H,1-2H3,(H5,12,13,14,15,16,17). The molecule has 0 atom stereocenters. The van der Waals surface area contributed by atoms with Crippen molar-refractivity contribution in [1.29, 1.82) is 0 Å². The van der Waals surface area contributed by atoms with Crippen LogP contribution in [-0.2, 0) is 14.1 Å². The summed E-state index contributed by atoms with van der Waals surface area (Å²) in [6, 6.07) is 46.0. The number of ketones is 4. The summed E-state index contributed by atoms with van der Waals surface area (Å²) in [5.74, 6) is 2.04. The number of benzene rings is 8. The number of nitrogens with one attached hydrogen (secondary N) is 4. The Hall–Kier alpha value is -12.7. The van der Waals surface area contributed by atoms with E-state index in [0.29, 0.717) is 107 Å². The number of aromatic nitrogens is 8. The van der Waals surface area contributed by atoms with E-state index >= 15 is 0 Å². The molecule has 22 nitrogen and oxygen atoms in total. The van der Waals surface area contributed by atoms with Crippen LogP contribution in [0.4, 0.5) is 64.1 Å². The Morgan fingerprint density at radius 3 is 1.43 bits per heavy atom. The van der Waals surface area contributed by atoms with Crippen molar-refractivity contribution in [2.45, 2.75) is 112 Å². The van der Waals surface area contributed by atoms with Crippen molar-refractivity contribution in [3.8, 4) is 22.3 Å². The topological polar surface area (TPSA) is 342 Å². The van der Waals surface area contributed by atoms with Crippen molar-refractivity contribution < 1.29 is 19.2 Å². The van der Waals surface area contributed by atoms with Gasteiger partial charge in [0, 0.05) is 87.0 Å². The Balaban J connectivity index is 0.000000167. The molecule has 4 aromatic heterocycles. The predicted molar refractivity (Wildman–Crippen MR) is 425 cm³/mol. The van der Waals surface area contributed by atoms with Crippen LogP contribution in [0, 0.1) is 53.4 Å². The number of carbonyl (C=O) groups excluding carboxylic acids is 4. The molecule has 22 heteroatoms. The maximum Gasteiger partial charge on any atom is 0.262 e. The van der Waals surface area contributed by atoms with Gasteiger partial charge in [0.1, 0.15) is 0 Å². The van der Waals surface area contributed by atoms with Crippen molar-refractivity contribution in [1.82, 2.24) is 39.0 Å². The Bertz CT molecular complexity index is 5750. The Morgan fingerprint density at radius 2 is 0.869 bits per heavy atom. The zero-order valence-corrected chi connectivity index (χ0v) is 61.1. The molecule has 0 radical (unpaired) electrons. The van der Waals surface area contributed by atoms with Gasteiger partial charge in [0.2, 0.25) is 35.7 Å². The van der Waals surface area contributed by atoms with Gasteiger partial charge in [0.15, 0.2) is 23.1 Å². The Morgan fingerprint density at radius 1 is 0.411 bits per heavy atom. The minimum absolute atomic E-state index is 0.0415. The van der Waals surface area contributed by atoms with Gasteiger partial charge in [0.25, 0.3) is 11.1 Å². The second kappa shape index (κ2) is 29.4. The fraction of sp³-hybridized carbons (Fsp3) is 0.247. The molecule has 16 rings (SSSR count). The van der Waals surface area contributed by atoms with Gasteiger partial charge in [-0.3, -0.25) is 28.8 Å². The molecule has 4 aliphatic rings. The number of aryl methyl sites for hydroxylation is 8. The van der Waals surface area contributed by atoms with E-state index < -0.39 is 11.1 Å². The molecule has 0 spiro atoms. The van der Waals surface area contributed by atoms with Crippen LogP contribution in [0.25, 0.3) is 44.1 Å². The second-order valence-corrected chi connectivity index (χ2v) is 28.7. The average Bonchev–Trinajstić information content (AvgIpc) is 0.714. The third-order valence-electron chi connectivity index (χ3n) is 21.1. The smallest absolute Gasteiger partial charge is 0.262 e. The highest BCUT2D eigenvalue weighted by atomic mass is 16.2. The minimum atomic E-state index is -0.417. The summed E-state index contributed by atoms with van der Waals surface area (Å²) < 4.78 is 2.90. The first-order valence-corrected chi connectivity index (χ1v) is 36.2. The lowest BCUT2D eigenvalue weighted by molar-refractivity contribution is 0.102. The summed E-state index contributed by atoms with van der Waals surface area (Å²) in [6.45, 7) is 11.9. The molecule has 2 saturated carbocycles. The molecule has 4 heterocycles. The molecule has 0 saturated heterocycles. The van der Waals surface area contributed by atoms with Crippen molar-refractivity contribution in [2.24, 2.45) is 25.9 Å². The highest BCUT2D eigenvalue weighted by molar-refractivity contribution is 6.32. The maximum absolute atomic E-state index is 14.6. The summed E-state index contributed by atoms with van der Waals surface area (Å²) >= 11 is 0. The summed E-state index contributed by atoms with van der Waals surface area (Å²) in [6.07, 6.45) is 13.0. The molecular weight excluding hydrogens is 1340 g/mol. The van der Waals surface area contributed by atoms with E-state index in [9.17, 15) is 28.8 Å². The number of nitrogens with zero attached hydrogens (tertiary/aromatic N) is 8. The van der Waals surface area contributed by atoms with Crippen molar-refractivity contribution >= 4 is 109 Å². The van der Waals surface area contributed by atoms with Gasteiger partial charge < -0.3 is 53.3 Å². The van der Waals surface area contributed by atoms with E-state index in [4.69, 9.17) is 27.9 Å². The first-order chi connectivity index (χ1) is 51.5. The summed E-state index contributed by atoms with van der Waals surface area (Å²) in [7, 11) is 3.26. The van der Waals surface area contributed by atoms with E-state index in [1.165, 1.54) is 66.1 Å². The fourth-order valence-corrected chi connectivity index (χ4v) is 15.8. The monoisotopic (exact) mass is 1420 g/mol. The number of nitrogen functional groups attached to an aromatic ring is 4. The van der Waals surface area contributed by atoms with Gasteiger partial charge >= 0.3 is 0 Å². The van der Waals surface area contributed by atoms with Crippen LogP contribution in [0.15, 0.2) is 161 Å². The number of rotatable bonds is 14. The zero-order valence-electron chi connectivity index (χ0n) is 61.1.